The SMILES string of the molecule is O=S(=O)(c1cccc2ccccc12)N1CCSC(c2cccs2)CC1. The largest absolute Gasteiger partial charge is 0.243 e. The van der Waals surface area contributed by atoms with E-state index >= 15 is 0 Å². The Kier molecular flexibility index (Phi) is 4.86. The predicted molar refractivity (Wildman–Crippen MR) is 107 cm³/mol. The number of thioether (sulfide) groups is 1. The van der Waals surface area contributed by atoms with Crippen LogP contribution in [0.2, 0.25) is 0 Å². The zero-order chi connectivity index (χ0) is 17.3. The van der Waals surface area contributed by atoms with Crippen LogP contribution in [0, 0.1) is 0 Å². The molecule has 1 saturated heterocycles. The van der Waals surface area contributed by atoms with Crippen molar-refractivity contribution in [1.29, 1.82) is 0 Å². The van der Waals surface area contributed by atoms with Crippen molar-refractivity contribution in [3.05, 3.63) is 64.9 Å². The highest BCUT2D eigenvalue weighted by Gasteiger charge is 2.29. The summed E-state index contributed by atoms with van der Waals surface area (Å²) in [6, 6.07) is 17.4. The topological polar surface area (TPSA) is 37.4 Å². The molecule has 1 atom stereocenters. The summed E-state index contributed by atoms with van der Waals surface area (Å²) in [6.07, 6.45) is 0.856. The van der Waals surface area contributed by atoms with Crippen LogP contribution < -0.4 is 0 Å². The Morgan fingerprint density at radius 1 is 0.960 bits per heavy atom. The first kappa shape index (κ1) is 17.1. The highest BCUT2D eigenvalue weighted by molar-refractivity contribution is 7.99. The lowest BCUT2D eigenvalue weighted by molar-refractivity contribution is 0.429. The minimum Gasteiger partial charge on any atom is -0.207 e. The molecule has 0 aliphatic carbocycles. The highest BCUT2D eigenvalue weighted by Crippen LogP contribution is 2.38. The fourth-order valence-corrected chi connectivity index (χ4v) is 7.27. The number of hydrogen-bond acceptors (Lipinski definition) is 4. The highest BCUT2D eigenvalue weighted by atomic mass is 32.2. The van der Waals surface area contributed by atoms with Crippen molar-refractivity contribution in [2.45, 2.75) is 16.6 Å². The zero-order valence-corrected chi connectivity index (χ0v) is 16.1. The second kappa shape index (κ2) is 7.11. The van der Waals surface area contributed by atoms with Gasteiger partial charge < -0.3 is 0 Å². The summed E-state index contributed by atoms with van der Waals surface area (Å²) in [5, 5.41) is 4.25. The molecule has 3 nitrogen and oxygen atoms in total. The predicted octanol–water partition coefficient (Wildman–Crippen LogP) is 4.77. The second-order valence-corrected chi connectivity index (χ2v) is 10.2. The minimum absolute atomic E-state index is 0.396. The lowest BCUT2D eigenvalue weighted by Gasteiger charge is -2.21. The molecule has 3 aromatic rings. The smallest absolute Gasteiger partial charge is 0.207 e. The second-order valence-electron chi connectivity index (χ2n) is 6.04. The molecule has 0 amide bonds. The van der Waals surface area contributed by atoms with Crippen molar-refractivity contribution in [3.8, 4) is 0 Å². The first-order valence-electron chi connectivity index (χ1n) is 8.29. The average molecular weight is 390 g/mol. The van der Waals surface area contributed by atoms with Gasteiger partial charge >= 0.3 is 0 Å². The van der Waals surface area contributed by atoms with Crippen LogP contribution in [0.3, 0.4) is 0 Å². The van der Waals surface area contributed by atoms with E-state index in [1.807, 2.05) is 48.2 Å². The van der Waals surface area contributed by atoms with Gasteiger partial charge in [-0.2, -0.15) is 16.1 Å². The van der Waals surface area contributed by atoms with Crippen LogP contribution in [0.25, 0.3) is 10.8 Å². The van der Waals surface area contributed by atoms with Crippen LogP contribution >= 0.6 is 23.1 Å². The first-order valence-corrected chi connectivity index (χ1v) is 11.7. The van der Waals surface area contributed by atoms with Gasteiger partial charge in [0.15, 0.2) is 0 Å². The lowest BCUT2D eigenvalue weighted by Crippen LogP contribution is -2.33. The molecule has 2 heterocycles. The summed E-state index contributed by atoms with van der Waals surface area (Å²) >= 11 is 3.62. The maximum absolute atomic E-state index is 13.3. The molecule has 0 bridgehead atoms. The van der Waals surface area contributed by atoms with Crippen molar-refractivity contribution in [2.75, 3.05) is 18.8 Å². The van der Waals surface area contributed by atoms with Gasteiger partial charge in [-0.05, 0) is 29.3 Å². The molecule has 0 spiro atoms. The molecule has 25 heavy (non-hydrogen) atoms. The maximum atomic E-state index is 13.3. The van der Waals surface area contributed by atoms with Crippen LogP contribution in [-0.2, 0) is 10.0 Å². The first-order chi connectivity index (χ1) is 12.2. The van der Waals surface area contributed by atoms with E-state index in [2.05, 4.69) is 17.5 Å². The molecule has 0 radical (unpaired) electrons. The average Bonchev–Trinajstić information content (AvgIpc) is 3.05. The summed E-state index contributed by atoms with van der Waals surface area (Å²) in [5.41, 5.74) is 0. The number of rotatable bonds is 3. The lowest BCUT2D eigenvalue weighted by atomic mass is 10.1. The Labute approximate surface area is 156 Å². The molecule has 1 aliphatic heterocycles. The van der Waals surface area contributed by atoms with Crippen LogP contribution in [0.5, 0.6) is 0 Å². The van der Waals surface area contributed by atoms with Crippen molar-refractivity contribution in [2.24, 2.45) is 0 Å². The summed E-state index contributed by atoms with van der Waals surface area (Å²) < 4.78 is 28.2. The summed E-state index contributed by atoms with van der Waals surface area (Å²) in [5.74, 6) is 0.826. The van der Waals surface area contributed by atoms with Gasteiger partial charge in [-0.15, -0.1) is 11.3 Å². The molecule has 130 valence electrons. The minimum atomic E-state index is -3.48. The Morgan fingerprint density at radius 2 is 1.80 bits per heavy atom. The molecule has 6 heteroatoms. The van der Waals surface area contributed by atoms with Crippen LogP contribution in [0.4, 0.5) is 0 Å². The summed E-state index contributed by atoms with van der Waals surface area (Å²) in [7, 11) is -3.48. The van der Waals surface area contributed by atoms with Gasteiger partial charge in [0.25, 0.3) is 0 Å². The molecule has 1 aromatic heterocycles. The molecule has 4 rings (SSSR count). The fraction of sp³-hybridized carbons (Fsp3) is 0.263. The van der Waals surface area contributed by atoms with Crippen LogP contribution in [-0.4, -0.2) is 31.6 Å². The third-order valence-electron chi connectivity index (χ3n) is 4.53. The van der Waals surface area contributed by atoms with Crippen molar-refractivity contribution in [1.82, 2.24) is 4.31 Å². The molecular formula is C19H19NO2S3. The van der Waals surface area contributed by atoms with Gasteiger partial charge in [0.2, 0.25) is 10.0 Å². The van der Waals surface area contributed by atoms with E-state index in [4.69, 9.17) is 0 Å². The monoisotopic (exact) mass is 389 g/mol. The maximum Gasteiger partial charge on any atom is 0.243 e. The summed E-state index contributed by atoms with van der Waals surface area (Å²) in [4.78, 5) is 1.76. The molecule has 1 unspecified atom stereocenters. The Hall–Kier alpha value is -1.34. The number of sulfonamides is 1. The number of thiophene rings is 1. The van der Waals surface area contributed by atoms with Crippen molar-refractivity contribution >= 4 is 43.9 Å². The van der Waals surface area contributed by atoms with Gasteiger partial charge in [-0.3, -0.25) is 0 Å². The van der Waals surface area contributed by atoms with E-state index in [0.717, 1.165) is 22.9 Å². The third kappa shape index (κ3) is 3.36. The molecule has 1 fully saturated rings. The van der Waals surface area contributed by atoms with Gasteiger partial charge in [-0.1, -0.05) is 42.5 Å². The van der Waals surface area contributed by atoms with E-state index in [9.17, 15) is 8.42 Å². The van der Waals surface area contributed by atoms with Crippen LogP contribution in [0.15, 0.2) is 64.9 Å². The quantitative estimate of drug-likeness (QED) is 0.647. The van der Waals surface area contributed by atoms with Gasteiger partial charge in [-0.25, -0.2) is 8.42 Å². The zero-order valence-electron chi connectivity index (χ0n) is 13.7. The van der Waals surface area contributed by atoms with Gasteiger partial charge in [0.05, 0.1) is 4.90 Å². The van der Waals surface area contributed by atoms with Gasteiger partial charge in [0, 0.05) is 34.4 Å². The van der Waals surface area contributed by atoms with E-state index in [1.54, 1.807) is 21.7 Å². The standard InChI is InChI=1S/C19H19NO2S3/c21-25(22,19-9-3-6-15-5-1-2-7-16(15)19)20-11-10-18(24-14-12-20)17-8-4-13-23-17/h1-9,13,18H,10-12,14H2. The Balaban J connectivity index is 1.64. The number of benzene rings is 2. The van der Waals surface area contributed by atoms with Crippen molar-refractivity contribution < 1.29 is 8.42 Å². The van der Waals surface area contributed by atoms with Gasteiger partial charge in [0.1, 0.15) is 0 Å². The molecular weight excluding hydrogens is 370 g/mol. The van der Waals surface area contributed by atoms with E-state index in [1.165, 1.54) is 4.88 Å². The third-order valence-corrected chi connectivity index (χ3v) is 8.93. The number of nitrogens with zero attached hydrogens (tertiary/aromatic N) is 1. The van der Waals surface area contributed by atoms with E-state index < -0.39 is 10.0 Å². The summed E-state index contributed by atoms with van der Waals surface area (Å²) in [6.45, 7) is 1.14. The Morgan fingerprint density at radius 3 is 2.64 bits per heavy atom. The fourth-order valence-electron chi connectivity index (χ4n) is 3.25. The van der Waals surface area contributed by atoms with E-state index in [0.29, 0.717) is 23.2 Å². The van der Waals surface area contributed by atoms with Crippen molar-refractivity contribution in [3.63, 3.8) is 0 Å². The Bertz CT molecular complexity index is 962. The molecule has 0 N–H and O–H groups in total. The van der Waals surface area contributed by atoms with Crippen LogP contribution in [0.1, 0.15) is 16.5 Å². The molecule has 1 aliphatic rings. The number of fused-ring (bicyclic) bond motifs is 1. The molecule has 0 saturated carbocycles. The van der Waals surface area contributed by atoms with E-state index in [-0.39, 0.29) is 0 Å². The molecule has 2 aromatic carbocycles. The number of hydrogen-bond donors (Lipinski definition) is 0. The normalized spacial score (nSPS) is 19.8.